The molecule has 6 heteroatoms. The van der Waals surface area contributed by atoms with Gasteiger partial charge in [0.1, 0.15) is 0 Å². The molecule has 162 valence electrons. The van der Waals surface area contributed by atoms with E-state index in [1.807, 2.05) is 31.2 Å². The van der Waals surface area contributed by atoms with Gasteiger partial charge in [-0.25, -0.2) is 8.42 Å². The van der Waals surface area contributed by atoms with Crippen molar-refractivity contribution in [1.82, 2.24) is 9.29 Å². The fourth-order valence-electron chi connectivity index (χ4n) is 5.17. The van der Waals surface area contributed by atoms with Crippen molar-refractivity contribution in [2.24, 2.45) is 5.41 Å². The highest BCUT2D eigenvalue weighted by Crippen LogP contribution is 2.39. The van der Waals surface area contributed by atoms with Crippen LogP contribution in [0.15, 0.2) is 41.3 Å². The molecule has 1 aliphatic heterocycles. The molecule has 5 nitrogen and oxygen atoms in total. The molecule has 2 aliphatic rings. The van der Waals surface area contributed by atoms with Gasteiger partial charge >= 0.3 is 0 Å². The zero-order valence-corrected chi connectivity index (χ0v) is 19.1. The number of Topliss-reactive ketones (excluding diaryl/α,β-unsaturated/α-hetero) is 1. The number of benzene rings is 2. The molecule has 0 unspecified atom stereocenters. The van der Waals surface area contributed by atoms with Crippen LogP contribution in [0.1, 0.15) is 59.9 Å². The number of carbonyl (C=O) groups is 1. The van der Waals surface area contributed by atoms with E-state index in [0.29, 0.717) is 30.8 Å². The Morgan fingerprint density at radius 2 is 1.84 bits per heavy atom. The first-order chi connectivity index (χ1) is 14.7. The largest absolute Gasteiger partial charge is 0.358 e. The molecule has 0 saturated heterocycles. The summed E-state index contributed by atoms with van der Waals surface area (Å²) in [5.41, 5.74) is 5.39. The first kappa shape index (κ1) is 20.5. The number of aryl methyl sites for hydroxylation is 1. The second-order valence-electron chi connectivity index (χ2n) is 9.64. The Bertz CT molecular complexity index is 1320. The molecule has 0 amide bonds. The van der Waals surface area contributed by atoms with Crippen LogP contribution in [-0.4, -0.2) is 30.0 Å². The van der Waals surface area contributed by atoms with Gasteiger partial charge in [-0.1, -0.05) is 45.0 Å². The van der Waals surface area contributed by atoms with Crippen molar-refractivity contribution >= 4 is 26.7 Å². The minimum absolute atomic E-state index is 0.0886. The molecule has 0 spiro atoms. The lowest BCUT2D eigenvalue weighted by Gasteiger charge is -2.29. The minimum atomic E-state index is -3.65. The number of hydrogen-bond donors (Lipinski definition) is 1. The zero-order valence-electron chi connectivity index (χ0n) is 18.3. The maximum absolute atomic E-state index is 13.7. The summed E-state index contributed by atoms with van der Waals surface area (Å²) in [5, 5.41) is 0.857. The molecule has 0 saturated carbocycles. The molecule has 5 rings (SSSR count). The lowest BCUT2D eigenvalue weighted by molar-refractivity contribution is 0.0913. The quantitative estimate of drug-likeness (QED) is 0.651. The molecular formula is C25H28N2O3S. The van der Waals surface area contributed by atoms with Crippen LogP contribution in [0.5, 0.6) is 0 Å². The molecule has 1 N–H and O–H groups in total. The average molecular weight is 437 g/mol. The molecule has 2 heterocycles. The van der Waals surface area contributed by atoms with Crippen LogP contribution in [0.2, 0.25) is 0 Å². The summed E-state index contributed by atoms with van der Waals surface area (Å²) in [6.45, 7) is 7.04. The molecule has 31 heavy (non-hydrogen) atoms. The van der Waals surface area contributed by atoms with Crippen molar-refractivity contribution in [2.45, 2.75) is 57.9 Å². The zero-order chi connectivity index (χ0) is 22.0. The highest BCUT2D eigenvalue weighted by Gasteiger charge is 2.35. The summed E-state index contributed by atoms with van der Waals surface area (Å²) in [5.74, 6) is 0.141. The van der Waals surface area contributed by atoms with E-state index >= 15 is 0 Å². The van der Waals surface area contributed by atoms with Gasteiger partial charge < -0.3 is 4.98 Å². The molecule has 0 fully saturated rings. The number of aromatic amines is 1. The van der Waals surface area contributed by atoms with Gasteiger partial charge in [-0.05, 0) is 53.5 Å². The lowest BCUT2D eigenvalue weighted by Crippen LogP contribution is -2.36. The van der Waals surface area contributed by atoms with E-state index in [4.69, 9.17) is 0 Å². The Kier molecular flexibility index (Phi) is 4.65. The van der Waals surface area contributed by atoms with E-state index in [1.54, 1.807) is 10.4 Å². The average Bonchev–Trinajstić information content (AvgIpc) is 3.08. The third-order valence-corrected chi connectivity index (χ3v) is 8.65. The summed E-state index contributed by atoms with van der Waals surface area (Å²) < 4.78 is 28.9. The van der Waals surface area contributed by atoms with Gasteiger partial charge in [-0.3, -0.25) is 4.79 Å². The van der Waals surface area contributed by atoms with Gasteiger partial charge in [-0.2, -0.15) is 4.31 Å². The van der Waals surface area contributed by atoms with Crippen LogP contribution in [0.25, 0.3) is 10.9 Å². The predicted octanol–water partition coefficient (Wildman–Crippen LogP) is 4.63. The van der Waals surface area contributed by atoms with Crippen LogP contribution in [-0.2, 0) is 35.8 Å². The van der Waals surface area contributed by atoms with Crippen molar-refractivity contribution in [1.29, 1.82) is 0 Å². The number of ketones is 1. The molecule has 0 atom stereocenters. The van der Waals surface area contributed by atoms with E-state index in [9.17, 15) is 13.2 Å². The Hall–Kier alpha value is -2.44. The minimum Gasteiger partial charge on any atom is -0.358 e. The molecular weight excluding hydrogens is 408 g/mol. The van der Waals surface area contributed by atoms with Crippen LogP contribution >= 0.6 is 0 Å². The fraction of sp³-hybridized carbons (Fsp3) is 0.400. The van der Waals surface area contributed by atoms with Crippen molar-refractivity contribution in [3.8, 4) is 0 Å². The predicted molar refractivity (Wildman–Crippen MR) is 122 cm³/mol. The SMILES string of the molecule is CCc1cc2c3c([nH]c2cc1S(=O)(=O)N1CCc2ccccc2C1)CC(C)(C)CC3=O. The fourth-order valence-corrected chi connectivity index (χ4v) is 6.89. The maximum atomic E-state index is 13.7. The summed E-state index contributed by atoms with van der Waals surface area (Å²) in [7, 11) is -3.65. The van der Waals surface area contributed by atoms with E-state index < -0.39 is 10.0 Å². The lowest BCUT2D eigenvalue weighted by atomic mass is 9.76. The number of rotatable bonds is 3. The number of nitrogens with one attached hydrogen (secondary N) is 1. The Balaban J connectivity index is 1.61. The molecule has 1 aromatic heterocycles. The number of nitrogens with zero attached hydrogens (tertiary/aromatic N) is 1. The molecule has 0 radical (unpaired) electrons. The molecule has 3 aromatic rings. The summed E-state index contributed by atoms with van der Waals surface area (Å²) in [4.78, 5) is 16.6. The number of hydrogen-bond acceptors (Lipinski definition) is 3. The summed E-state index contributed by atoms with van der Waals surface area (Å²) >= 11 is 0. The van der Waals surface area contributed by atoms with Crippen molar-refractivity contribution in [3.05, 3.63) is 64.3 Å². The van der Waals surface area contributed by atoms with Gasteiger partial charge in [-0.15, -0.1) is 0 Å². The number of sulfonamides is 1. The molecule has 2 aromatic carbocycles. The van der Waals surface area contributed by atoms with Gasteiger partial charge in [0.05, 0.1) is 4.90 Å². The van der Waals surface area contributed by atoms with Gasteiger partial charge in [0.15, 0.2) is 5.78 Å². The normalized spacial score (nSPS) is 18.7. The third kappa shape index (κ3) is 3.33. The van der Waals surface area contributed by atoms with Crippen molar-refractivity contribution in [3.63, 3.8) is 0 Å². The monoisotopic (exact) mass is 436 g/mol. The Morgan fingerprint density at radius 3 is 2.58 bits per heavy atom. The van der Waals surface area contributed by atoms with Gasteiger partial charge in [0.25, 0.3) is 0 Å². The third-order valence-electron chi connectivity index (χ3n) is 6.72. The first-order valence-electron chi connectivity index (χ1n) is 11.0. The summed E-state index contributed by atoms with van der Waals surface area (Å²) in [6, 6.07) is 11.7. The van der Waals surface area contributed by atoms with Gasteiger partial charge in [0.2, 0.25) is 10.0 Å². The molecule has 0 bridgehead atoms. The Labute approximate surface area is 183 Å². The first-order valence-corrected chi connectivity index (χ1v) is 12.4. The van der Waals surface area contributed by atoms with E-state index in [1.165, 1.54) is 5.56 Å². The van der Waals surface area contributed by atoms with Crippen LogP contribution in [0.4, 0.5) is 0 Å². The Morgan fingerprint density at radius 1 is 1.10 bits per heavy atom. The van der Waals surface area contributed by atoms with E-state index in [0.717, 1.165) is 46.1 Å². The second kappa shape index (κ2) is 7.04. The number of aromatic nitrogens is 1. The topological polar surface area (TPSA) is 70.2 Å². The van der Waals surface area contributed by atoms with Crippen LogP contribution in [0, 0.1) is 5.41 Å². The van der Waals surface area contributed by atoms with E-state index in [-0.39, 0.29) is 11.2 Å². The smallest absolute Gasteiger partial charge is 0.243 e. The van der Waals surface area contributed by atoms with Crippen molar-refractivity contribution in [2.75, 3.05) is 6.54 Å². The van der Waals surface area contributed by atoms with E-state index in [2.05, 4.69) is 24.9 Å². The number of fused-ring (bicyclic) bond motifs is 4. The van der Waals surface area contributed by atoms with Crippen molar-refractivity contribution < 1.29 is 13.2 Å². The number of carbonyl (C=O) groups excluding carboxylic acids is 1. The highest BCUT2D eigenvalue weighted by molar-refractivity contribution is 7.89. The highest BCUT2D eigenvalue weighted by atomic mass is 32.2. The second-order valence-corrected chi connectivity index (χ2v) is 11.5. The summed E-state index contributed by atoms with van der Waals surface area (Å²) in [6.07, 6.45) is 2.62. The van der Waals surface area contributed by atoms with Crippen LogP contribution < -0.4 is 0 Å². The van der Waals surface area contributed by atoms with Crippen LogP contribution in [0.3, 0.4) is 0 Å². The van der Waals surface area contributed by atoms with Gasteiger partial charge in [0, 0.05) is 41.7 Å². The molecule has 1 aliphatic carbocycles. The maximum Gasteiger partial charge on any atom is 0.243 e. The number of H-pyrrole nitrogens is 1. The standard InChI is InChI=1S/C25H28N2O3S/c1-4-16-11-19-20(26-21-13-25(2,3)14-22(28)24(19)21)12-23(16)31(29,30)27-10-9-17-7-5-6-8-18(17)15-27/h5-8,11-12,26H,4,9-10,13-15H2,1-3H3.